The quantitative estimate of drug-likeness (QED) is 0.692. The summed E-state index contributed by atoms with van der Waals surface area (Å²) in [6, 6.07) is 9.26. The molecule has 0 saturated heterocycles. The second-order valence-corrected chi connectivity index (χ2v) is 4.99. The van der Waals surface area contributed by atoms with Crippen LogP contribution in [0.5, 0.6) is 5.75 Å². The second kappa shape index (κ2) is 3.49. The van der Waals surface area contributed by atoms with Crippen LogP contribution in [0.15, 0.2) is 30.3 Å². The van der Waals surface area contributed by atoms with Crippen LogP contribution in [-0.2, 0) is 7.05 Å². The first kappa shape index (κ1) is 10.2. The first-order valence-electron chi connectivity index (χ1n) is 5.16. The van der Waals surface area contributed by atoms with Gasteiger partial charge in [0, 0.05) is 17.8 Å². The van der Waals surface area contributed by atoms with E-state index in [-0.39, 0.29) is 5.75 Å². The van der Waals surface area contributed by atoms with Gasteiger partial charge < -0.3 is 10.8 Å². The Hall–Kier alpha value is -2.01. The van der Waals surface area contributed by atoms with Crippen LogP contribution in [0.4, 0.5) is 5.82 Å². The van der Waals surface area contributed by atoms with Crippen molar-refractivity contribution in [3.63, 3.8) is 0 Å². The molecule has 3 rings (SSSR count). The van der Waals surface area contributed by atoms with E-state index < -0.39 is 0 Å². The van der Waals surface area contributed by atoms with E-state index in [0.29, 0.717) is 5.82 Å². The van der Waals surface area contributed by atoms with Gasteiger partial charge in [0.1, 0.15) is 11.6 Å². The van der Waals surface area contributed by atoms with Crippen molar-refractivity contribution in [1.29, 1.82) is 0 Å². The van der Waals surface area contributed by atoms with E-state index in [0.717, 1.165) is 20.7 Å². The fraction of sp³-hybridized carbons (Fsp3) is 0.0833. The predicted molar refractivity (Wildman–Crippen MR) is 70.1 cm³/mol. The number of benzene rings is 1. The summed E-state index contributed by atoms with van der Waals surface area (Å²) in [5, 5.41) is 14.6. The molecule has 0 saturated carbocycles. The molecule has 0 atom stereocenters. The number of anilines is 1. The highest BCUT2D eigenvalue weighted by Crippen LogP contribution is 2.35. The number of hydrogen-bond acceptors (Lipinski definition) is 4. The SMILES string of the molecule is Cn1nc(N)cc1-c1cc2cc(O)ccc2s1. The maximum Gasteiger partial charge on any atom is 0.146 e. The maximum absolute atomic E-state index is 9.44. The standard InChI is InChI=1S/C12H11N3OS/c1-15-9(6-12(13)14-15)11-5-7-4-8(16)2-3-10(7)17-11/h2-6,16H,1H3,(H2,13,14). The van der Waals surface area contributed by atoms with Crippen LogP contribution in [0.1, 0.15) is 0 Å². The number of hydrogen-bond donors (Lipinski definition) is 2. The van der Waals surface area contributed by atoms with Gasteiger partial charge in [-0.1, -0.05) is 0 Å². The monoisotopic (exact) mass is 245 g/mol. The zero-order valence-corrected chi connectivity index (χ0v) is 10.0. The molecule has 2 aromatic heterocycles. The van der Waals surface area contributed by atoms with Crippen LogP contribution >= 0.6 is 11.3 Å². The highest BCUT2D eigenvalue weighted by atomic mass is 32.1. The number of aromatic nitrogens is 2. The third kappa shape index (κ3) is 1.64. The Balaban J connectivity index is 2.21. The molecule has 0 radical (unpaired) electrons. The van der Waals surface area contributed by atoms with Gasteiger partial charge in [-0.2, -0.15) is 5.10 Å². The first-order chi connectivity index (χ1) is 8.13. The molecule has 0 aliphatic carbocycles. The number of nitrogen functional groups attached to an aromatic ring is 1. The molecule has 0 bridgehead atoms. The average Bonchev–Trinajstić information content (AvgIpc) is 2.80. The Kier molecular flexibility index (Phi) is 2.09. The van der Waals surface area contributed by atoms with Gasteiger partial charge in [-0.3, -0.25) is 4.68 Å². The minimum absolute atomic E-state index is 0.284. The van der Waals surface area contributed by atoms with Crippen LogP contribution in [0.2, 0.25) is 0 Å². The van der Waals surface area contributed by atoms with Crippen LogP contribution in [0.25, 0.3) is 20.7 Å². The Morgan fingerprint density at radius 3 is 2.82 bits per heavy atom. The lowest BCUT2D eigenvalue weighted by Gasteiger charge is -1.95. The van der Waals surface area contributed by atoms with E-state index in [1.165, 1.54) is 0 Å². The third-order valence-corrected chi connectivity index (χ3v) is 3.79. The average molecular weight is 245 g/mol. The van der Waals surface area contributed by atoms with Crippen molar-refractivity contribution in [3.8, 4) is 16.3 Å². The molecule has 17 heavy (non-hydrogen) atoms. The molecular weight excluding hydrogens is 234 g/mol. The lowest BCUT2D eigenvalue weighted by atomic mass is 10.2. The van der Waals surface area contributed by atoms with Crippen LogP contribution in [0.3, 0.4) is 0 Å². The van der Waals surface area contributed by atoms with Gasteiger partial charge in [0.25, 0.3) is 0 Å². The number of aryl methyl sites for hydroxylation is 1. The minimum atomic E-state index is 0.284. The summed E-state index contributed by atoms with van der Waals surface area (Å²) < 4.78 is 2.90. The Morgan fingerprint density at radius 1 is 1.29 bits per heavy atom. The van der Waals surface area contributed by atoms with Gasteiger partial charge in [0.2, 0.25) is 0 Å². The number of nitrogens with two attached hydrogens (primary N) is 1. The molecular formula is C12H11N3OS. The summed E-state index contributed by atoms with van der Waals surface area (Å²) >= 11 is 1.66. The molecule has 0 unspecified atom stereocenters. The molecule has 0 amide bonds. The molecule has 0 spiro atoms. The summed E-state index contributed by atoms with van der Waals surface area (Å²) in [4.78, 5) is 1.09. The van der Waals surface area contributed by atoms with Crippen molar-refractivity contribution in [2.45, 2.75) is 0 Å². The number of phenols is 1. The normalized spacial score (nSPS) is 11.1. The van der Waals surface area contributed by atoms with Crippen molar-refractivity contribution < 1.29 is 5.11 Å². The fourth-order valence-electron chi connectivity index (χ4n) is 1.88. The largest absolute Gasteiger partial charge is 0.508 e. The number of rotatable bonds is 1. The first-order valence-corrected chi connectivity index (χ1v) is 5.97. The number of nitrogens with zero attached hydrogens (tertiary/aromatic N) is 2. The number of fused-ring (bicyclic) bond motifs is 1. The van der Waals surface area contributed by atoms with Crippen LogP contribution in [0, 0.1) is 0 Å². The molecule has 3 aromatic rings. The summed E-state index contributed by atoms with van der Waals surface area (Å²) in [6.07, 6.45) is 0. The third-order valence-electron chi connectivity index (χ3n) is 2.65. The summed E-state index contributed by atoms with van der Waals surface area (Å²) in [7, 11) is 1.87. The molecule has 2 heterocycles. The number of phenolic OH excluding ortho intramolecular Hbond substituents is 1. The number of aromatic hydroxyl groups is 1. The Bertz CT molecular complexity index is 699. The lowest BCUT2D eigenvalue weighted by molar-refractivity contribution is 0.476. The highest BCUT2D eigenvalue weighted by molar-refractivity contribution is 7.22. The highest BCUT2D eigenvalue weighted by Gasteiger charge is 2.09. The molecule has 86 valence electrons. The molecule has 5 heteroatoms. The summed E-state index contributed by atoms with van der Waals surface area (Å²) in [6.45, 7) is 0. The van der Waals surface area contributed by atoms with E-state index in [1.54, 1.807) is 28.2 Å². The van der Waals surface area contributed by atoms with Crippen molar-refractivity contribution >= 4 is 27.2 Å². The Labute approximate surface area is 102 Å². The van der Waals surface area contributed by atoms with Crippen molar-refractivity contribution in [3.05, 3.63) is 30.3 Å². The van der Waals surface area contributed by atoms with Gasteiger partial charge in [-0.05, 0) is 29.7 Å². The zero-order valence-electron chi connectivity index (χ0n) is 9.21. The number of thiophene rings is 1. The van der Waals surface area contributed by atoms with Crippen LogP contribution < -0.4 is 5.73 Å². The fourth-order valence-corrected chi connectivity index (χ4v) is 2.97. The van der Waals surface area contributed by atoms with Gasteiger partial charge >= 0.3 is 0 Å². The maximum atomic E-state index is 9.44. The van der Waals surface area contributed by atoms with E-state index in [9.17, 15) is 5.11 Å². The molecule has 0 fully saturated rings. The van der Waals surface area contributed by atoms with Gasteiger partial charge in [-0.25, -0.2) is 0 Å². The lowest BCUT2D eigenvalue weighted by Crippen LogP contribution is -1.93. The summed E-state index contributed by atoms with van der Waals surface area (Å²) in [5.74, 6) is 0.800. The Morgan fingerprint density at radius 2 is 2.12 bits per heavy atom. The second-order valence-electron chi connectivity index (χ2n) is 3.91. The zero-order chi connectivity index (χ0) is 12.0. The molecule has 3 N–H and O–H groups in total. The molecule has 4 nitrogen and oxygen atoms in total. The van der Waals surface area contributed by atoms with Crippen molar-refractivity contribution in [1.82, 2.24) is 9.78 Å². The van der Waals surface area contributed by atoms with Crippen molar-refractivity contribution in [2.24, 2.45) is 7.05 Å². The molecule has 0 aliphatic rings. The van der Waals surface area contributed by atoms with Crippen molar-refractivity contribution in [2.75, 3.05) is 5.73 Å². The van der Waals surface area contributed by atoms with Gasteiger partial charge in [0.15, 0.2) is 0 Å². The molecule has 0 aliphatic heterocycles. The van der Waals surface area contributed by atoms with Crippen LogP contribution in [-0.4, -0.2) is 14.9 Å². The van der Waals surface area contributed by atoms with Gasteiger partial charge in [0.05, 0.1) is 10.6 Å². The van der Waals surface area contributed by atoms with E-state index in [4.69, 9.17) is 5.73 Å². The minimum Gasteiger partial charge on any atom is -0.508 e. The predicted octanol–water partition coefficient (Wildman–Crippen LogP) is 2.59. The summed E-state index contributed by atoms with van der Waals surface area (Å²) in [5.41, 5.74) is 6.66. The van der Waals surface area contributed by atoms with E-state index >= 15 is 0 Å². The molecule has 1 aromatic carbocycles. The van der Waals surface area contributed by atoms with Gasteiger partial charge in [-0.15, -0.1) is 11.3 Å². The topological polar surface area (TPSA) is 64.1 Å². The van der Waals surface area contributed by atoms with E-state index in [2.05, 4.69) is 5.10 Å². The van der Waals surface area contributed by atoms with E-state index in [1.807, 2.05) is 25.2 Å². The smallest absolute Gasteiger partial charge is 0.146 e.